The molecule has 0 amide bonds. The van der Waals surface area contributed by atoms with Crippen LogP contribution in [0.15, 0.2) is 60.7 Å². The highest BCUT2D eigenvalue weighted by Gasteiger charge is 2.45. The third kappa shape index (κ3) is 7.84. The first-order valence-electron chi connectivity index (χ1n) is 11.1. The molecule has 0 bridgehead atoms. The molecule has 2 aromatic rings. The largest absolute Gasteiger partial charge is 0.465 e. The standard InChI is InChI=1S/C24H38O4Si3/c1-21(2)24(25)26-19-14-20-29(3,4)27-31(7,23-17-12-9-13-18-23)28-30(5,6)22-15-10-8-11-16-22/h8-13,15-18,21H,14,19-20H2,1-7H3. The Labute approximate surface area is 191 Å². The highest BCUT2D eigenvalue weighted by atomic mass is 28.5. The molecule has 7 heteroatoms. The molecule has 4 nitrogen and oxygen atoms in total. The Morgan fingerprint density at radius 2 is 1.32 bits per heavy atom. The summed E-state index contributed by atoms with van der Waals surface area (Å²) in [6, 6.07) is 21.9. The molecule has 0 aliphatic heterocycles. The normalized spacial score (nSPS) is 14.3. The second-order valence-electron chi connectivity index (χ2n) is 9.58. The zero-order valence-corrected chi connectivity index (χ0v) is 23.1. The molecular formula is C24H38O4Si3. The van der Waals surface area contributed by atoms with Gasteiger partial charge in [0, 0.05) is 0 Å². The van der Waals surface area contributed by atoms with Gasteiger partial charge in [0.1, 0.15) is 0 Å². The molecule has 0 fully saturated rings. The van der Waals surface area contributed by atoms with Crippen molar-refractivity contribution in [3.05, 3.63) is 60.7 Å². The second-order valence-corrected chi connectivity index (χ2v) is 21.3. The molecule has 0 aliphatic carbocycles. The minimum atomic E-state index is -2.66. The summed E-state index contributed by atoms with van der Waals surface area (Å²) in [5.41, 5.74) is 0. The van der Waals surface area contributed by atoms with E-state index in [0.29, 0.717) is 6.61 Å². The lowest BCUT2D eigenvalue weighted by molar-refractivity contribution is -0.147. The van der Waals surface area contributed by atoms with Gasteiger partial charge in [-0.05, 0) is 55.6 Å². The highest BCUT2D eigenvalue weighted by molar-refractivity contribution is 6.98. The maximum Gasteiger partial charge on any atom is 0.348 e. The first kappa shape index (κ1) is 25.7. The Kier molecular flexibility index (Phi) is 9.03. The van der Waals surface area contributed by atoms with Crippen LogP contribution in [0, 0.1) is 5.92 Å². The number of benzene rings is 2. The Morgan fingerprint density at radius 3 is 1.84 bits per heavy atom. The van der Waals surface area contributed by atoms with E-state index >= 15 is 0 Å². The number of carbonyl (C=O) groups excluding carboxylic acids is 1. The maximum absolute atomic E-state index is 11.7. The van der Waals surface area contributed by atoms with Crippen LogP contribution in [0.3, 0.4) is 0 Å². The zero-order valence-electron chi connectivity index (χ0n) is 20.1. The van der Waals surface area contributed by atoms with Gasteiger partial charge in [-0.1, -0.05) is 74.5 Å². The number of esters is 1. The average molecular weight is 475 g/mol. The first-order chi connectivity index (χ1) is 14.5. The van der Waals surface area contributed by atoms with Crippen molar-refractivity contribution >= 4 is 41.5 Å². The van der Waals surface area contributed by atoms with Crippen molar-refractivity contribution in [1.29, 1.82) is 0 Å². The first-order valence-corrected chi connectivity index (χ1v) is 19.5. The Balaban J connectivity index is 2.17. The third-order valence-corrected chi connectivity index (χ3v) is 17.4. The molecule has 0 saturated carbocycles. The van der Waals surface area contributed by atoms with Crippen LogP contribution in [-0.2, 0) is 17.8 Å². The molecule has 0 aliphatic rings. The minimum Gasteiger partial charge on any atom is -0.465 e. The average Bonchev–Trinajstić information content (AvgIpc) is 2.71. The van der Waals surface area contributed by atoms with Crippen molar-refractivity contribution in [2.24, 2.45) is 5.92 Å². The van der Waals surface area contributed by atoms with Crippen molar-refractivity contribution in [3.8, 4) is 0 Å². The van der Waals surface area contributed by atoms with E-state index in [9.17, 15) is 4.79 Å². The molecule has 31 heavy (non-hydrogen) atoms. The molecule has 1 atom stereocenters. The summed E-state index contributed by atoms with van der Waals surface area (Å²) >= 11 is 0. The molecule has 0 N–H and O–H groups in total. The third-order valence-electron chi connectivity index (χ3n) is 5.33. The van der Waals surface area contributed by atoms with Crippen molar-refractivity contribution in [1.82, 2.24) is 0 Å². The molecule has 2 rings (SSSR count). The lowest BCUT2D eigenvalue weighted by atomic mass is 10.2. The van der Waals surface area contributed by atoms with Crippen LogP contribution < -0.4 is 10.4 Å². The van der Waals surface area contributed by atoms with Gasteiger partial charge in [-0.2, -0.15) is 0 Å². The summed E-state index contributed by atoms with van der Waals surface area (Å²) in [4.78, 5) is 11.7. The van der Waals surface area contributed by atoms with E-state index in [2.05, 4.69) is 81.3 Å². The minimum absolute atomic E-state index is 0.0890. The summed E-state index contributed by atoms with van der Waals surface area (Å²) in [6.45, 7) is 15.3. The van der Waals surface area contributed by atoms with Gasteiger partial charge in [0.2, 0.25) is 8.32 Å². The lowest BCUT2D eigenvalue weighted by Crippen LogP contribution is -2.64. The van der Waals surface area contributed by atoms with E-state index in [1.165, 1.54) is 10.4 Å². The molecule has 0 heterocycles. The summed E-state index contributed by atoms with van der Waals surface area (Å²) in [7, 11) is -6.89. The summed E-state index contributed by atoms with van der Waals surface area (Å²) in [5.74, 6) is -0.225. The van der Waals surface area contributed by atoms with Gasteiger partial charge < -0.3 is 13.0 Å². The van der Waals surface area contributed by atoms with E-state index in [1.54, 1.807) is 0 Å². The van der Waals surface area contributed by atoms with Crippen molar-refractivity contribution in [3.63, 3.8) is 0 Å². The SMILES string of the molecule is CC(C)C(=O)OCCC[Si](C)(C)O[Si](C)(O[Si](C)(C)c1ccccc1)c1ccccc1. The van der Waals surface area contributed by atoms with Gasteiger partial charge >= 0.3 is 14.5 Å². The smallest absolute Gasteiger partial charge is 0.348 e. The van der Waals surface area contributed by atoms with Crippen LogP contribution in [0.4, 0.5) is 0 Å². The summed E-state index contributed by atoms with van der Waals surface area (Å²) in [6.07, 6.45) is 0.816. The summed E-state index contributed by atoms with van der Waals surface area (Å²) < 4.78 is 19.4. The predicted octanol–water partition coefficient (Wildman–Crippen LogP) is 4.91. The predicted molar refractivity (Wildman–Crippen MR) is 136 cm³/mol. The number of ether oxygens (including phenoxy) is 1. The molecule has 0 saturated heterocycles. The molecule has 2 aromatic carbocycles. The molecule has 0 aromatic heterocycles. The van der Waals surface area contributed by atoms with E-state index in [4.69, 9.17) is 13.0 Å². The van der Waals surface area contributed by atoms with E-state index in [1.807, 2.05) is 26.0 Å². The van der Waals surface area contributed by atoms with Gasteiger partial charge in [-0.3, -0.25) is 4.79 Å². The van der Waals surface area contributed by atoms with Crippen LogP contribution in [0.1, 0.15) is 20.3 Å². The Hall–Kier alpha value is -1.52. The van der Waals surface area contributed by atoms with E-state index in [0.717, 1.165) is 12.5 Å². The molecular weight excluding hydrogens is 437 g/mol. The van der Waals surface area contributed by atoms with Crippen LogP contribution in [-0.4, -0.2) is 37.8 Å². The highest BCUT2D eigenvalue weighted by Crippen LogP contribution is 2.24. The second kappa shape index (κ2) is 10.9. The van der Waals surface area contributed by atoms with Gasteiger partial charge in [-0.15, -0.1) is 0 Å². The fourth-order valence-corrected chi connectivity index (χ4v) is 16.9. The summed E-state index contributed by atoms with van der Waals surface area (Å²) in [5, 5.41) is 2.44. The number of carbonyl (C=O) groups is 1. The topological polar surface area (TPSA) is 44.8 Å². The quantitative estimate of drug-likeness (QED) is 0.264. The maximum atomic E-state index is 11.7. The van der Waals surface area contributed by atoms with Crippen molar-refractivity contribution in [2.75, 3.05) is 6.61 Å². The lowest BCUT2D eigenvalue weighted by Gasteiger charge is -2.41. The van der Waals surface area contributed by atoms with Crippen LogP contribution in [0.5, 0.6) is 0 Å². The van der Waals surface area contributed by atoms with Gasteiger partial charge in [-0.25, -0.2) is 0 Å². The van der Waals surface area contributed by atoms with Gasteiger partial charge in [0.25, 0.3) is 0 Å². The number of rotatable bonds is 11. The van der Waals surface area contributed by atoms with E-state index in [-0.39, 0.29) is 11.9 Å². The number of hydrogen-bond donors (Lipinski definition) is 0. The Bertz CT molecular complexity index is 825. The van der Waals surface area contributed by atoms with Gasteiger partial charge in [0.05, 0.1) is 12.5 Å². The molecule has 0 spiro atoms. The van der Waals surface area contributed by atoms with Crippen LogP contribution >= 0.6 is 0 Å². The van der Waals surface area contributed by atoms with Crippen LogP contribution in [0.2, 0.25) is 38.8 Å². The van der Waals surface area contributed by atoms with Crippen LogP contribution in [0.25, 0.3) is 0 Å². The van der Waals surface area contributed by atoms with Crippen molar-refractivity contribution < 1.29 is 17.8 Å². The molecule has 170 valence electrons. The Morgan fingerprint density at radius 1 is 0.806 bits per heavy atom. The molecule has 0 radical (unpaired) electrons. The number of hydrogen-bond acceptors (Lipinski definition) is 4. The molecule has 1 unspecified atom stereocenters. The fourth-order valence-electron chi connectivity index (χ4n) is 3.68. The fraction of sp³-hybridized carbons (Fsp3) is 0.458. The zero-order chi connectivity index (χ0) is 23.1. The van der Waals surface area contributed by atoms with Crippen molar-refractivity contribution in [2.45, 2.75) is 59.0 Å². The van der Waals surface area contributed by atoms with Gasteiger partial charge in [0.15, 0.2) is 8.32 Å². The monoisotopic (exact) mass is 474 g/mol. The van der Waals surface area contributed by atoms with E-state index < -0.39 is 25.2 Å².